The Kier molecular flexibility index (Phi) is 10.6. The van der Waals surface area contributed by atoms with Crippen molar-refractivity contribution in [3.05, 3.63) is 0 Å². The van der Waals surface area contributed by atoms with Gasteiger partial charge in [0.15, 0.2) is 0 Å². The molecular weight excluding hydrogens is 224 g/mol. The number of rotatable bonds is 11. The maximum Gasteiger partial charge on any atom is 0.0110 e. The van der Waals surface area contributed by atoms with Gasteiger partial charge in [0.05, 0.1) is 0 Å². The lowest BCUT2D eigenvalue weighted by atomic mass is 10.4. The molecule has 4 nitrogen and oxygen atoms in total. The minimum Gasteiger partial charge on any atom is -0.308 e. The summed E-state index contributed by atoms with van der Waals surface area (Å²) in [4.78, 5) is 9.59. The van der Waals surface area contributed by atoms with Crippen molar-refractivity contribution in [3.63, 3.8) is 0 Å². The highest BCUT2D eigenvalue weighted by Crippen LogP contribution is 1.94. The van der Waals surface area contributed by atoms with Gasteiger partial charge in [-0.3, -0.25) is 0 Å². The van der Waals surface area contributed by atoms with Crippen LogP contribution < -0.4 is 0 Å². The number of likely N-dealkylation sites (N-methyl/N-ethyl adjacent to an activating group) is 4. The minimum atomic E-state index is 1.15. The number of hydrogen-bond donors (Lipinski definition) is 0. The molecule has 0 saturated carbocycles. The van der Waals surface area contributed by atoms with Gasteiger partial charge in [-0.2, -0.15) is 0 Å². The normalized spacial score (nSPS) is 12.3. The fourth-order valence-electron chi connectivity index (χ4n) is 1.82. The SMILES string of the molecule is CCN(CCN(C)C)CCN(CC)CCN(C)C. The fraction of sp³-hybridized carbons (Fsp3) is 1.00. The molecule has 0 spiro atoms. The summed E-state index contributed by atoms with van der Waals surface area (Å²) in [7, 11) is 8.57. The molecule has 0 atom stereocenters. The second-order valence-electron chi connectivity index (χ2n) is 5.48. The van der Waals surface area contributed by atoms with Crippen molar-refractivity contribution >= 4 is 0 Å². The van der Waals surface area contributed by atoms with E-state index < -0.39 is 0 Å². The Hall–Kier alpha value is -0.160. The Labute approximate surface area is 115 Å². The van der Waals surface area contributed by atoms with Gasteiger partial charge in [0.25, 0.3) is 0 Å². The lowest BCUT2D eigenvalue weighted by molar-refractivity contribution is 0.191. The molecular formula is C14H34N4. The third-order valence-corrected chi connectivity index (χ3v) is 3.35. The second kappa shape index (κ2) is 10.7. The van der Waals surface area contributed by atoms with Gasteiger partial charge in [-0.15, -0.1) is 0 Å². The molecule has 0 aromatic heterocycles. The first-order chi connectivity index (χ1) is 8.49. The van der Waals surface area contributed by atoms with Crippen LogP contribution in [0.1, 0.15) is 13.8 Å². The zero-order valence-electron chi connectivity index (χ0n) is 13.4. The zero-order chi connectivity index (χ0) is 14.0. The molecule has 4 heteroatoms. The Morgan fingerprint density at radius 1 is 0.500 bits per heavy atom. The van der Waals surface area contributed by atoms with Gasteiger partial charge in [-0.05, 0) is 41.3 Å². The van der Waals surface area contributed by atoms with Crippen molar-refractivity contribution in [2.75, 3.05) is 80.5 Å². The average Bonchev–Trinajstić information content (AvgIpc) is 2.32. The van der Waals surface area contributed by atoms with E-state index in [4.69, 9.17) is 0 Å². The van der Waals surface area contributed by atoms with Crippen LogP contribution in [0.25, 0.3) is 0 Å². The molecule has 0 N–H and O–H groups in total. The van der Waals surface area contributed by atoms with Crippen LogP contribution in [0.2, 0.25) is 0 Å². The second-order valence-corrected chi connectivity index (χ2v) is 5.48. The Morgan fingerprint density at radius 2 is 0.778 bits per heavy atom. The predicted molar refractivity (Wildman–Crippen MR) is 81.3 cm³/mol. The van der Waals surface area contributed by atoms with Crippen LogP contribution in [-0.2, 0) is 0 Å². The Morgan fingerprint density at radius 3 is 1.00 bits per heavy atom. The van der Waals surface area contributed by atoms with Gasteiger partial charge in [0, 0.05) is 39.3 Å². The van der Waals surface area contributed by atoms with E-state index in [1.165, 1.54) is 26.2 Å². The monoisotopic (exact) mass is 258 g/mol. The van der Waals surface area contributed by atoms with Crippen LogP contribution in [-0.4, -0.2) is 100 Å². The van der Waals surface area contributed by atoms with E-state index in [9.17, 15) is 0 Å². The van der Waals surface area contributed by atoms with Crippen molar-refractivity contribution in [1.29, 1.82) is 0 Å². The molecule has 0 rings (SSSR count). The molecule has 0 fully saturated rings. The molecule has 0 heterocycles. The van der Waals surface area contributed by atoms with Gasteiger partial charge in [-0.25, -0.2) is 0 Å². The molecule has 0 radical (unpaired) electrons. The molecule has 18 heavy (non-hydrogen) atoms. The van der Waals surface area contributed by atoms with Crippen LogP contribution >= 0.6 is 0 Å². The highest BCUT2D eigenvalue weighted by molar-refractivity contribution is 4.63. The topological polar surface area (TPSA) is 13.0 Å². The number of nitrogens with zero attached hydrogens (tertiary/aromatic N) is 4. The summed E-state index contributed by atoms with van der Waals surface area (Å²) in [5, 5.41) is 0. The largest absolute Gasteiger partial charge is 0.308 e. The molecule has 0 saturated heterocycles. The van der Waals surface area contributed by atoms with Crippen molar-refractivity contribution in [3.8, 4) is 0 Å². The highest BCUT2D eigenvalue weighted by atomic mass is 15.2. The minimum absolute atomic E-state index is 1.15. The van der Waals surface area contributed by atoms with E-state index in [2.05, 4.69) is 61.6 Å². The summed E-state index contributed by atoms with van der Waals surface area (Å²) >= 11 is 0. The van der Waals surface area contributed by atoms with Crippen LogP contribution in [0.3, 0.4) is 0 Å². The average molecular weight is 258 g/mol. The van der Waals surface area contributed by atoms with Crippen LogP contribution in [0.4, 0.5) is 0 Å². The summed E-state index contributed by atoms with van der Waals surface area (Å²) in [5.41, 5.74) is 0. The first-order valence-corrected chi connectivity index (χ1v) is 7.23. The molecule has 0 aliphatic heterocycles. The summed E-state index contributed by atoms with van der Waals surface area (Å²) in [6, 6.07) is 0. The molecule has 0 aliphatic rings. The molecule has 0 aliphatic carbocycles. The lowest BCUT2D eigenvalue weighted by Crippen LogP contribution is -2.40. The van der Waals surface area contributed by atoms with Gasteiger partial charge in [0.2, 0.25) is 0 Å². The van der Waals surface area contributed by atoms with Crippen molar-refractivity contribution in [2.45, 2.75) is 13.8 Å². The van der Waals surface area contributed by atoms with Crippen molar-refractivity contribution in [2.24, 2.45) is 0 Å². The standard InChI is InChI=1S/C14H34N4/c1-7-17(11-9-15(3)4)13-14-18(8-2)12-10-16(5)6/h7-14H2,1-6H3. The molecule has 0 aromatic rings. The van der Waals surface area contributed by atoms with Crippen molar-refractivity contribution in [1.82, 2.24) is 19.6 Å². The highest BCUT2D eigenvalue weighted by Gasteiger charge is 2.07. The van der Waals surface area contributed by atoms with E-state index in [1.807, 2.05) is 0 Å². The third kappa shape index (κ3) is 9.83. The molecule has 0 unspecified atom stereocenters. The van der Waals surface area contributed by atoms with E-state index in [0.717, 1.165) is 26.2 Å². The quantitative estimate of drug-likeness (QED) is 0.542. The summed E-state index contributed by atoms with van der Waals surface area (Å²) in [6.07, 6.45) is 0. The van der Waals surface area contributed by atoms with Gasteiger partial charge >= 0.3 is 0 Å². The van der Waals surface area contributed by atoms with Crippen molar-refractivity contribution < 1.29 is 0 Å². The van der Waals surface area contributed by atoms with Crippen LogP contribution in [0.5, 0.6) is 0 Å². The van der Waals surface area contributed by atoms with E-state index in [-0.39, 0.29) is 0 Å². The van der Waals surface area contributed by atoms with Crippen LogP contribution in [0.15, 0.2) is 0 Å². The van der Waals surface area contributed by atoms with E-state index >= 15 is 0 Å². The Balaban J connectivity index is 3.84. The van der Waals surface area contributed by atoms with Gasteiger partial charge in [-0.1, -0.05) is 13.8 Å². The lowest BCUT2D eigenvalue weighted by Gasteiger charge is -2.27. The van der Waals surface area contributed by atoms with E-state index in [0.29, 0.717) is 0 Å². The van der Waals surface area contributed by atoms with Gasteiger partial charge < -0.3 is 19.6 Å². The predicted octanol–water partition coefficient (Wildman–Crippen LogP) is 0.753. The maximum absolute atomic E-state index is 2.54. The molecule has 0 aromatic carbocycles. The third-order valence-electron chi connectivity index (χ3n) is 3.35. The van der Waals surface area contributed by atoms with E-state index in [1.54, 1.807) is 0 Å². The molecule has 0 amide bonds. The summed E-state index contributed by atoms with van der Waals surface area (Å²) in [6.45, 7) is 13.8. The zero-order valence-corrected chi connectivity index (χ0v) is 13.4. The fourth-order valence-corrected chi connectivity index (χ4v) is 1.82. The molecule has 0 bridgehead atoms. The smallest absolute Gasteiger partial charge is 0.0110 e. The summed E-state index contributed by atoms with van der Waals surface area (Å²) < 4.78 is 0. The summed E-state index contributed by atoms with van der Waals surface area (Å²) in [5.74, 6) is 0. The Bertz CT molecular complexity index is 163. The first-order valence-electron chi connectivity index (χ1n) is 7.23. The van der Waals surface area contributed by atoms with Crippen LogP contribution in [0, 0.1) is 0 Å². The first kappa shape index (κ1) is 17.8. The maximum atomic E-state index is 2.54. The molecule has 110 valence electrons. The van der Waals surface area contributed by atoms with Gasteiger partial charge in [0.1, 0.15) is 0 Å². The number of hydrogen-bond acceptors (Lipinski definition) is 4.